The number of carbonyl (C=O) groups is 2. The van der Waals surface area contributed by atoms with Crippen molar-refractivity contribution in [2.24, 2.45) is 11.8 Å². The van der Waals surface area contributed by atoms with Gasteiger partial charge >= 0.3 is 5.97 Å². The van der Waals surface area contributed by atoms with E-state index >= 15 is 0 Å². The van der Waals surface area contributed by atoms with Gasteiger partial charge in [-0.1, -0.05) is 44.2 Å². The number of nitrogens with zero attached hydrogens (tertiary/aromatic N) is 1. The summed E-state index contributed by atoms with van der Waals surface area (Å²) >= 11 is 0. The average Bonchev–Trinajstić information content (AvgIpc) is 2.67. The van der Waals surface area contributed by atoms with Crippen LogP contribution in [0.4, 0.5) is 0 Å². The normalized spacial score (nSPS) is 15.1. The maximum atomic E-state index is 12.5. The number of hydrogen-bond donors (Lipinski definition) is 3. The predicted octanol–water partition coefficient (Wildman–Crippen LogP) is 2.38. The van der Waals surface area contributed by atoms with Crippen LogP contribution in [0, 0.1) is 11.8 Å². The van der Waals surface area contributed by atoms with Crippen molar-refractivity contribution < 1.29 is 32.1 Å². The maximum absolute atomic E-state index is 12.5. The van der Waals surface area contributed by atoms with Gasteiger partial charge in [0.05, 0.1) is 38.9 Å². The zero-order valence-electron chi connectivity index (χ0n) is 19.0. The number of amides is 1. The lowest BCUT2D eigenvalue weighted by atomic mass is 9.83. The van der Waals surface area contributed by atoms with E-state index in [1.54, 1.807) is 6.92 Å². The van der Waals surface area contributed by atoms with Gasteiger partial charge in [0.15, 0.2) is 0 Å². The second-order valence-electron chi connectivity index (χ2n) is 8.95. The van der Waals surface area contributed by atoms with Crippen LogP contribution in [-0.4, -0.2) is 73.9 Å². The molecule has 31 heavy (non-hydrogen) atoms. The summed E-state index contributed by atoms with van der Waals surface area (Å²) in [6, 6.07) is 9.67. The van der Waals surface area contributed by atoms with Crippen LogP contribution in [0.5, 0.6) is 0 Å². The Bertz CT molecular complexity index is 811. The third-order valence-corrected chi connectivity index (χ3v) is 6.52. The van der Waals surface area contributed by atoms with Crippen LogP contribution >= 0.6 is 0 Å². The van der Waals surface area contributed by atoms with Crippen LogP contribution in [0.25, 0.3) is 0 Å². The van der Waals surface area contributed by atoms with E-state index in [0.29, 0.717) is 43.4 Å². The zero-order valence-corrected chi connectivity index (χ0v) is 19.8. The maximum Gasteiger partial charge on any atom is 0.307 e. The van der Waals surface area contributed by atoms with Crippen molar-refractivity contribution in [3.63, 3.8) is 0 Å². The Hall–Kier alpha value is -1.97. The summed E-state index contributed by atoms with van der Waals surface area (Å²) in [6.07, 6.45) is 1.41. The largest absolute Gasteiger partial charge is 0.481 e. The molecule has 1 amide bonds. The van der Waals surface area contributed by atoms with Crippen molar-refractivity contribution >= 4 is 22.0 Å². The van der Waals surface area contributed by atoms with Crippen LogP contribution < -0.4 is 5.32 Å². The highest BCUT2D eigenvalue weighted by molar-refractivity contribution is 7.85. The summed E-state index contributed by atoms with van der Waals surface area (Å²) in [4.78, 5) is 24.3. The first-order valence-electron chi connectivity index (χ1n) is 10.6. The van der Waals surface area contributed by atoms with Crippen LogP contribution in [0.15, 0.2) is 30.3 Å². The molecule has 3 atom stereocenters. The number of carboxylic acids is 1. The molecule has 0 radical (unpaired) electrons. The molecule has 0 saturated heterocycles. The van der Waals surface area contributed by atoms with E-state index in [2.05, 4.69) is 5.32 Å². The van der Waals surface area contributed by atoms with Crippen LogP contribution in [0.3, 0.4) is 0 Å². The molecule has 8 nitrogen and oxygen atoms in total. The molecule has 0 spiro atoms. The summed E-state index contributed by atoms with van der Waals surface area (Å²) in [7, 11) is -0.0329. The van der Waals surface area contributed by atoms with Crippen molar-refractivity contribution in [2.45, 2.75) is 39.0 Å². The summed E-state index contributed by atoms with van der Waals surface area (Å²) in [5.41, 5.74) is 1.05. The van der Waals surface area contributed by atoms with Gasteiger partial charge in [-0.2, -0.15) is 8.42 Å². The molecular weight excluding hydrogens is 420 g/mol. The molecule has 0 aliphatic rings. The number of nitrogens with one attached hydrogen (secondary N) is 1. The smallest absolute Gasteiger partial charge is 0.307 e. The Labute approximate surface area is 186 Å². The second-order valence-corrected chi connectivity index (χ2v) is 10.5. The van der Waals surface area contributed by atoms with Gasteiger partial charge in [0.2, 0.25) is 5.91 Å². The van der Waals surface area contributed by atoms with Gasteiger partial charge in [0.25, 0.3) is 10.1 Å². The lowest BCUT2D eigenvalue weighted by Crippen LogP contribution is -2.43. The summed E-state index contributed by atoms with van der Waals surface area (Å²) < 4.78 is 31.0. The summed E-state index contributed by atoms with van der Waals surface area (Å²) in [6.45, 7) is 5.35. The Kier molecular flexibility index (Phi) is 10.6. The van der Waals surface area contributed by atoms with E-state index in [1.165, 1.54) is 0 Å². The lowest BCUT2D eigenvalue weighted by molar-refractivity contribution is -0.890. The predicted molar refractivity (Wildman–Crippen MR) is 120 cm³/mol. The highest BCUT2D eigenvalue weighted by Gasteiger charge is 2.31. The first-order chi connectivity index (χ1) is 14.3. The number of carbonyl (C=O) groups excluding carboxylic acids is 1. The minimum atomic E-state index is -3.95. The number of quaternary nitrogens is 1. The molecular formula is C22H37N2O6S+. The van der Waals surface area contributed by atoms with Crippen molar-refractivity contribution in [1.29, 1.82) is 0 Å². The van der Waals surface area contributed by atoms with Gasteiger partial charge in [-0.3, -0.25) is 14.1 Å². The molecule has 0 fully saturated rings. The van der Waals surface area contributed by atoms with Gasteiger partial charge in [-0.15, -0.1) is 0 Å². The van der Waals surface area contributed by atoms with Crippen LogP contribution in [-0.2, 0) is 19.7 Å². The third kappa shape index (κ3) is 10.8. The van der Waals surface area contributed by atoms with Crippen molar-refractivity contribution in [1.82, 2.24) is 5.32 Å². The van der Waals surface area contributed by atoms with Gasteiger partial charge in [0, 0.05) is 25.3 Å². The molecule has 0 aliphatic heterocycles. The molecule has 0 aromatic heterocycles. The number of aliphatic carboxylic acids is 1. The van der Waals surface area contributed by atoms with E-state index in [9.17, 15) is 23.1 Å². The average molecular weight is 458 g/mol. The van der Waals surface area contributed by atoms with E-state index in [1.807, 2.05) is 51.4 Å². The van der Waals surface area contributed by atoms with Crippen LogP contribution in [0.1, 0.15) is 44.6 Å². The number of hydrogen-bond acceptors (Lipinski definition) is 4. The number of rotatable bonds is 14. The molecule has 0 heterocycles. The summed E-state index contributed by atoms with van der Waals surface area (Å²) in [5.74, 6) is -2.91. The van der Waals surface area contributed by atoms with Gasteiger partial charge in [0.1, 0.15) is 0 Å². The second kappa shape index (κ2) is 12.2. The lowest BCUT2D eigenvalue weighted by Gasteiger charge is -2.30. The minimum absolute atomic E-state index is 0.0263. The van der Waals surface area contributed by atoms with Crippen LogP contribution in [0.2, 0.25) is 0 Å². The molecule has 0 bridgehead atoms. The highest BCUT2D eigenvalue weighted by Crippen LogP contribution is 2.28. The number of carboxylic acid groups (broad SMARTS) is 1. The van der Waals surface area contributed by atoms with E-state index in [-0.39, 0.29) is 17.6 Å². The quantitative estimate of drug-likeness (QED) is 0.224. The van der Waals surface area contributed by atoms with Crippen molar-refractivity contribution in [3.8, 4) is 0 Å². The fraction of sp³-hybridized carbons (Fsp3) is 0.636. The summed E-state index contributed by atoms with van der Waals surface area (Å²) in [5, 5.41) is 12.5. The van der Waals surface area contributed by atoms with Gasteiger partial charge < -0.3 is 14.9 Å². The fourth-order valence-electron chi connectivity index (χ4n) is 3.67. The molecule has 1 aromatic rings. The molecule has 1 aromatic carbocycles. The first-order valence-corrected chi connectivity index (χ1v) is 12.3. The fourth-order valence-corrected chi connectivity index (χ4v) is 4.16. The highest BCUT2D eigenvalue weighted by atomic mass is 32.2. The minimum Gasteiger partial charge on any atom is -0.481 e. The standard InChI is InChI=1S/C22H36N2O6S/c1-17(19-10-6-5-7-11-19)16-20(22(26)27)18(2)21(25)23-12-8-13-24(3,4)14-9-15-31(28,29)30/h5-7,10-11,17-18,20H,8-9,12-16H2,1-4H3,(H2-,23,25,26,27,28,29,30)/p+1. The monoisotopic (exact) mass is 457 g/mol. The Balaban J connectivity index is 2.49. The van der Waals surface area contributed by atoms with Gasteiger partial charge in [-0.25, -0.2) is 0 Å². The van der Waals surface area contributed by atoms with Crippen molar-refractivity contribution in [3.05, 3.63) is 35.9 Å². The first kappa shape index (κ1) is 27.1. The van der Waals surface area contributed by atoms with Gasteiger partial charge in [-0.05, 0) is 17.9 Å². The Morgan fingerprint density at radius 3 is 2.19 bits per heavy atom. The molecule has 176 valence electrons. The Morgan fingerprint density at radius 2 is 1.65 bits per heavy atom. The topological polar surface area (TPSA) is 121 Å². The molecule has 3 unspecified atom stereocenters. The third-order valence-electron chi connectivity index (χ3n) is 5.72. The van der Waals surface area contributed by atoms with Crippen molar-refractivity contribution in [2.75, 3.05) is 39.5 Å². The molecule has 3 N–H and O–H groups in total. The van der Waals surface area contributed by atoms with E-state index in [4.69, 9.17) is 4.55 Å². The molecule has 9 heteroatoms. The SMILES string of the molecule is CC(CC(C(=O)O)C(C)C(=O)NCCC[N+](C)(C)CCCS(=O)(=O)O)c1ccccc1. The Morgan fingerprint density at radius 1 is 1.06 bits per heavy atom. The zero-order chi connectivity index (χ0) is 23.7. The van der Waals surface area contributed by atoms with E-state index < -0.39 is 27.9 Å². The molecule has 1 rings (SSSR count). The van der Waals surface area contributed by atoms with E-state index in [0.717, 1.165) is 5.56 Å². The molecule has 0 saturated carbocycles. The number of benzene rings is 1. The molecule has 0 aliphatic carbocycles.